The minimum absolute atomic E-state index is 0.0370. The molecule has 1 fully saturated rings. The van der Waals surface area contributed by atoms with Crippen molar-refractivity contribution in [1.82, 2.24) is 9.80 Å². The van der Waals surface area contributed by atoms with Crippen molar-refractivity contribution in [2.24, 2.45) is 5.73 Å². The van der Waals surface area contributed by atoms with Gasteiger partial charge >= 0.3 is 0 Å². The first-order valence-electron chi connectivity index (χ1n) is 6.58. The fourth-order valence-electron chi connectivity index (χ4n) is 2.29. The molecule has 1 aromatic rings. The molecule has 0 atom stereocenters. The number of halogens is 1. The number of thiocarbonyl (C=S) groups is 1. The number of nitrogens with two attached hydrogens (primary N) is 1. The number of rotatable bonds is 4. The van der Waals surface area contributed by atoms with Crippen molar-refractivity contribution in [2.45, 2.75) is 6.42 Å². The fourth-order valence-corrected chi connectivity index (χ4v) is 2.47. The van der Waals surface area contributed by atoms with Crippen molar-refractivity contribution >= 4 is 23.1 Å². The van der Waals surface area contributed by atoms with Crippen LogP contribution in [0.15, 0.2) is 24.3 Å². The Labute approximate surface area is 123 Å². The summed E-state index contributed by atoms with van der Waals surface area (Å²) in [7, 11) is 0. The smallest absolute Gasteiger partial charge is 0.227 e. The largest absolute Gasteiger partial charge is 0.392 e. The molecule has 1 heterocycles. The van der Waals surface area contributed by atoms with E-state index in [1.54, 1.807) is 23.1 Å². The number of carbonyl (C=O) groups excluding carboxylic acids is 1. The number of amides is 1. The van der Waals surface area contributed by atoms with E-state index in [1.807, 2.05) is 0 Å². The van der Waals surface area contributed by atoms with Crippen molar-refractivity contribution < 1.29 is 9.18 Å². The Balaban J connectivity index is 1.86. The molecular weight excluding hydrogens is 277 g/mol. The summed E-state index contributed by atoms with van der Waals surface area (Å²) < 4.78 is 13.5. The molecule has 0 aromatic heterocycles. The molecule has 0 spiro atoms. The maximum absolute atomic E-state index is 13.5. The molecule has 0 saturated carbocycles. The standard InChI is InChI=1S/C14H18FN3OS/c15-12-4-2-1-3-11(12)9-14(19)18-7-5-17(6-8-18)10-13(16)20/h1-4H,5-10H2,(H2,16,20). The van der Waals surface area contributed by atoms with E-state index in [-0.39, 0.29) is 18.1 Å². The molecule has 0 aliphatic carbocycles. The van der Waals surface area contributed by atoms with Gasteiger partial charge in [0.15, 0.2) is 0 Å². The van der Waals surface area contributed by atoms with Crippen molar-refractivity contribution in [3.05, 3.63) is 35.6 Å². The molecule has 20 heavy (non-hydrogen) atoms. The third-order valence-corrected chi connectivity index (χ3v) is 3.53. The normalized spacial score (nSPS) is 16.1. The molecule has 108 valence electrons. The summed E-state index contributed by atoms with van der Waals surface area (Å²) in [4.78, 5) is 16.5. The molecule has 0 radical (unpaired) electrons. The molecule has 4 nitrogen and oxygen atoms in total. The van der Waals surface area contributed by atoms with E-state index in [9.17, 15) is 9.18 Å². The summed E-state index contributed by atoms with van der Waals surface area (Å²) in [5.74, 6) is -0.363. The van der Waals surface area contributed by atoms with Crippen LogP contribution in [0.4, 0.5) is 4.39 Å². The van der Waals surface area contributed by atoms with Gasteiger partial charge in [0.2, 0.25) is 5.91 Å². The van der Waals surface area contributed by atoms with Gasteiger partial charge in [-0.1, -0.05) is 30.4 Å². The van der Waals surface area contributed by atoms with Crippen LogP contribution in [0.2, 0.25) is 0 Å². The minimum Gasteiger partial charge on any atom is -0.392 e. The first kappa shape index (κ1) is 14.9. The molecule has 2 N–H and O–H groups in total. The topological polar surface area (TPSA) is 49.6 Å². The quantitative estimate of drug-likeness (QED) is 0.835. The van der Waals surface area contributed by atoms with Gasteiger partial charge in [-0.2, -0.15) is 0 Å². The average Bonchev–Trinajstić information content (AvgIpc) is 2.41. The summed E-state index contributed by atoms with van der Waals surface area (Å²) in [5, 5.41) is 0. The number of hydrogen-bond donors (Lipinski definition) is 1. The van der Waals surface area contributed by atoms with E-state index < -0.39 is 0 Å². The van der Waals surface area contributed by atoms with E-state index in [4.69, 9.17) is 18.0 Å². The Hall–Kier alpha value is -1.53. The van der Waals surface area contributed by atoms with Crippen LogP contribution in [0.25, 0.3) is 0 Å². The maximum atomic E-state index is 13.5. The van der Waals surface area contributed by atoms with Crippen LogP contribution < -0.4 is 5.73 Å². The molecule has 1 amide bonds. The van der Waals surface area contributed by atoms with Gasteiger partial charge in [0.1, 0.15) is 5.82 Å². The minimum atomic E-state index is -0.326. The molecule has 6 heteroatoms. The first-order valence-corrected chi connectivity index (χ1v) is 6.99. The number of benzene rings is 1. The predicted molar refractivity (Wildman–Crippen MR) is 79.9 cm³/mol. The average molecular weight is 295 g/mol. The lowest BCUT2D eigenvalue weighted by atomic mass is 10.1. The van der Waals surface area contributed by atoms with E-state index in [2.05, 4.69) is 4.90 Å². The monoisotopic (exact) mass is 295 g/mol. The SMILES string of the molecule is NC(=S)CN1CCN(C(=O)Cc2ccccc2F)CC1. The van der Waals surface area contributed by atoms with Crippen LogP contribution in [0.5, 0.6) is 0 Å². The molecule has 0 unspecified atom stereocenters. The second kappa shape index (κ2) is 6.76. The summed E-state index contributed by atoms with van der Waals surface area (Å²) >= 11 is 4.87. The summed E-state index contributed by atoms with van der Waals surface area (Å²) in [6.45, 7) is 3.36. The van der Waals surface area contributed by atoms with E-state index >= 15 is 0 Å². The second-order valence-corrected chi connectivity index (χ2v) is 5.42. The molecule has 0 bridgehead atoms. The second-order valence-electron chi connectivity index (χ2n) is 4.89. The fraction of sp³-hybridized carbons (Fsp3) is 0.429. The number of piperazine rings is 1. The van der Waals surface area contributed by atoms with E-state index in [1.165, 1.54) is 6.07 Å². The zero-order valence-corrected chi connectivity index (χ0v) is 12.0. The Morgan fingerprint density at radius 2 is 1.90 bits per heavy atom. The first-order chi connectivity index (χ1) is 9.56. The van der Waals surface area contributed by atoms with Crippen molar-refractivity contribution in [2.75, 3.05) is 32.7 Å². The van der Waals surface area contributed by atoms with Crippen LogP contribution >= 0.6 is 12.2 Å². The lowest BCUT2D eigenvalue weighted by Gasteiger charge is -2.34. The van der Waals surface area contributed by atoms with Gasteiger partial charge in [-0.25, -0.2) is 4.39 Å². The number of carbonyl (C=O) groups is 1. The van der Waals surface area contributed by atoms with Crippen molar-refractivity contribution in [1.29, 1.82) is 0 Å². The summed E-state index contributed by atoms with van der Waals surface area (Å²) in [6.07, 6.45) is 0.113. The summed E-state index contributed by atoms with van der Waals surface area (Å²) in [6, 6.07) is 6.39. The Bertz CT molecular complexity index is 501. The van der Waals surface area contributed by atoms with E-state index in [0.717, 1.165) is 13.1 Å². The van der Waals surface area contributed by atoms with Gasteiger partial charge in [-0.05, 0) is 11.6 Å². The van der Waals surface area contributed by atoms with Gasteiger partial charge < -0.3 is 10.6 Å². The maximum Gasteiger partial charge on any atom is 0.227 e. The summed E-state index contributed by atoms with van der Waals surface area (Å²) in [5.41, 5.74) is 5.95. The van der Waals surface area contributed by atoms with Gasteiger partial charge in [0.05, 0.1) is 11.4 Å². The Morgan fingerprint density at radius 1 is 1.25 bits per heavy atom. The molecule has 1 aromatic carbocycles. The highest BCUT2D eigenvalue weighted by Crippen LogP contribution is 2.10. The number of hydrogen-bond acceptors (Lipinski definition) is 3. The zero-order chi connectivity index (χ0) is 14.5. The molecule has 1 aliphatic heterocycles. The zero-order valence-electron chi connectivity index (χ0n) is 11.2. The number of nitrogens with zero attached hydrogens (tertiary/aromatic N) is 2. The van der Waals surface area contributed by atoms with Crippen LogP contribution in [-0.2, 0) is 11.2 Å². The highest BCUT2D eigenvalue weighted by Gasteiger charge is 2.21. The van der Waals surface area contributed by atoms with Crippen LogP contribution in [-0.4, -0.2) is 53.4 Å². The van der Waals surface area contributed by atoms with Crippen LogP contribution in [0.3, 0.4) is 0 Å². The van der Waals surface area contributed by atoms with Gasteiger partial charge in [-0.15, -0.1) is 0 Å². The third-order valence-electron chi connectivity index (χ3n) is 3.40. The highest BCUT2D eigenvalue weighted by atomic mass is 32.1. The van der Waals surface area contributed by atoms with Gasteiger partial charge in [0, 0.05) is 32.7 Å². The lowest BCUT2D eigenvalue weighted by molar-refractivity contribution is -0.132. The Kier molecular flexibility index (Phi) is 5.03. The molecular formula is C14H18FN3OS. The molecule has 2 rings (SSSR count). The highest BCUT2D eigenvalue weighted by molar-refractivity contribution is 7.80. The third kappa shape index (κ3) is 3.98. The Morgan fingerprint density at radius 3 is 2.50 bits per heavy atom. The van der Waals surface area contributed by atoms with E-state index in [0.29, 0.717) is 30.2 Å². The van der Waals surface area contributed by atoms with Crippen molar-refractivity contribution in [3.63, 3.8) is 0 Å². The molecule has 1 aliphatic rings. The van der Waals surface area contributed by atoms with Gasteiger partial charge in [-0.3, -0.25) is 9.69 Å². The van der Waals surface area contributed by atoms with Gasteiger partial charge in [0.25, 0.3) is 0 Å². The van der Waals surface area contributed by atoms with Crippen LogP contribution in [0.1, 0.15) is 5.56 Å². The lowest BCUT2D eigenvalue weighted by Crippen LogP contribution is -2.50. The van der Waals surface area contributed by atoms with Crippen LogP contribution in [0, 0.1) is 5.82 Å². The molecule has 1 saturated heterocycles. The van der Waals surface area contributed by atoms with Crippen molar-refractivity contribution in [3.8, 4) is 0 Å². The predicted octanol–water partition coefficient (Wildman–Crippen LogP) is 0.798.